The van der Waals surface area contributed by atoms with Gasteiger partial charge in [0.25, 0.3) is 5.91 Å². The van der Waals surface area contributed by atoms with E-state index in [0.29, 0.717) is 11.3 Å². The molecule has 170 valence electrons. The maximum Gasteiger partial charge on any atom is 0.353 e. The van der Waals surface area contributed by atoms with Crippen LogP contribution in [0.5, 0.6) is 5.75 Å². The second-order valence-electron chi connectivity index (χ2n) is 7.06. The number of aromatic hydroxyl groups is 1. The molecule has 0 saturated carbocycles. The lowest BCUT2D eigenvalue weighted by Crippen LogP contribution is -2.34. The second kappa shape index (κ2) is 10.5. The molecule has 1 unspecified atom stereocenters. The Kier molecular flexibility index (Phi) is 7.52. The number of amides is 2. The van der Waals surface area contributed by atoms with Gasteiger partial charge in [-0.05, 0) is 24.1 Å². The van der Waals surface area contributed by atoms with Crippen LogP contribution < -0.4 is 11.1 Å². The molecule has 0 aliphatic rings. The lowest BCUT2D eigenvalue weighted by atomic mass is 9.99. The third kappa shape index (κ3) is 5.80. The van der Waals surface area contributed by atoms with Crippen LogP contribution in [0.15, 0.2) is 53.9 Å². The zero-order chi connectivity index (χ0) is 24.0. The molecule has 33 heavy (non-hydrogen) atoms. The predicted molar refractivity (Wildman–Crippen MR) is 124 cm³/mol. The number of anilines is 1. The number of carbonyl (C=O) groups excluding carboxylic acids is 3. The van der Waals surface area contributed by atoms with Crippen molar-refractivity contribution in [2.45, 2.75) is 20.0 Å². The Hall–Kier alpha value is -4.05. The number of benzene rings is 2. The highest BCUT2D eigenvalue weighted by molar-refractivity contribution is 7.14. The van der Waals surface area contributed by atoms with Crippen molar-refractivity contribution in [1.82, 2.24) is 4.98 Å². The molecule has 3 aromatic rings. The molecule has 1 heterocycles. The Morgan fingerprint density at radius 3 is 2.58 bits per heavy atom. The highest BCUT2D eigenvalue weighted by Crippen LogP contribution is 2.29. The van der Waals surface area contributed by atoms with E-state index < -0.39 is 29.4 Å². The Morgan fingerprint density at radius 2 is 1.94 bits per heavy atom. The molecule has 3 rings (SSSR count). The summed E-state index contributed by atoms with van der Waals surface area (Å²) in [7, 11) is 0. The van der Waals surface area contributed by atoms with E-state index in [-0.39, 0.29) is 29.5 Å². The molecular formula is C23H22N4O5S. The molecule has 0 bridgehead atoms. The number of carbonyl (C=O) groups is 3. The van der Waals surface area contributed by atoms with Gasteiger partial charge in [-0.2, -0.15) is 0 Å². The van der Waals surface area contributed by atoms with Gasteiger partial charge in [-0.15, -0.1) is 11.3 Å². The smallest absolute Gasteiger partial charge is 0.353 e. The molecule has 0 spiro atoms. The van der Waals surface area contributed by atoms with Crippen molar-refractivity contribution >= 4 is 40.0 Å². The fourth-order valence-corrected chi connectivity index (χ4v) is 3.74. The molecular weight excluding hydrogens is 444 g/mol. The maximum atomic E-state index is 12.7. The van der Waals surface area contributed by atoms with Crippen molar-refractivity contribution < 1.29 is 24.2 Å². The monoisotopic (exact) mass is 466 g/mol. The zero-order valence-electron chi connectivity index (χ0n) is 17.7. The van der Waals surface area contributed by atoms with Gasteiger partial charge in [0.2, 0.25) is 5.91 Å². The lowest BCUT2D eigenvalue weighted by Gasteiger charge is -2.14. The van der Waals surface area contributed by atoms with Crippen LogP contribution in [-0.4, -0.2) is 33.6 Å². The van der Waals surface area contributed by atoms with Crippen LogP contribution in [-0.2, 0) is 20.9 Å². The number of thiazole rings is 1. The van der Waals surface area contributed by atoms with Crippen LogP contribution in [0.2, 0.25) is 0 Å². The number of primary amides is 1. The van der Waals surface area contributed by atoms with Crippen LogP contribution in [0.1, 0.15) is 29.3 Å². The van der Waals surface area contributed by atoms with Gasteiger partial charge in [0.15, 0.2) is 5.13 Å². The molecule has 2 aromatic carbocycles. The maximum absolute atomic E-state index is 12.7. The number of phenols is 1. The van der Waals surface area contributed by atoms with E-state index in [1.807, 2.05) is 18.2 Å². The first-order valence-corrected chi connectivity index (χ1v) is 10.9. The molecule has 1 aromatic heterocycles. The zero-order valence-corrected chi connectivity index (χ0v) is 18.5. The second-order valence-corrected chi connectivity index (χ2v) is 7.92. The van der Waals surface area contributed by atoms with Crippen LogP contribution in [0, 0.1) is 11.3 Å². The number of esters is 1. The minimum Gasteiger partial charge on any atom is -0.507 e. The van der Waals surface area contributed by atoms with Gasteiger partial charge >= 0.3 is 5.97 Å². The van der Waals surface area contributed by atoms with E-state index in [1.54, 1.807) is 30.5 Å². The van der Waals surface area contributed by atoms with Gasteiger partial charge in [0.1, 0.15) is 18.1 Å². The van der Waals surface area contributed by atoms with Crippen LogP contribution >= 0.6 is 11.3 Å². The molecule has 5 N–H and O–H groups in total. The van der Waals surface area contributed by atoms with E-state index in [2.05, 4.69) is 10.3 Å². The minimum absolute atomic E-state index is 0.00837. The predicted octanol–water partition coefficient (Wildman–Crippen LogP) is 3.34. The fourth-order valence-electron chi connectivity index (χ4n) is 3.02. The molecule has 0 saturated heterocycles. The largest absolute Gasteiger partial charge is 0.507 e. The summed E-state index contributed by atoms with van der Waals surface area (Å²) < 4.78 is 5.16. The van der Waals surface area contributed by atoms with Crippen molar-refractivity contribution in [2.75, 3.05) is 5.32 Å². The third-order valence-corrected chi connectivity index (χ3v) is 5.56. The quantitative estimate of drug-likeness (QED) is 0.280. The van der Waals surface area contributed by atoms with E-state index in [4.69, 9.17) is 15.9 Å². The SMILES string of the molecule is CCC(C(=N)C(=O)OCc1ccccc1)C(=O)Nc1nc(-c2ccc(C(N)=O)c(O)c2)cs1. The van der Waals surface area contributed by atoms with Crippen molar-refractivity contribution in [1.29, 1.82) is 5.41 Å². The van der Waals surface area contributed by atoms with E-state index in [1.165, 1.54) is 12.1 Å². The standard InChI is InChI=1S/C23H22N4O5S/c1-2-15(19(24)22(31)32-11-13-6-4-3-5-7-13)21(30)27-23-26-17(12-33-23)14-8-9-16(20(25)29)18(28)10-14/h3-10,12,15,24,28H,2,11H2,1H3,(H2,25,29)(H,26,27,30). The van der Waals surface area contributed by atoms with Crippen molar-refractivity contribution in [3.05, 3.63) is 65.0 Å². The highest BCUT2D eigenvalue weighted by Gasteiger charge is 2.28. The Morgan fingerprint density at radius 1 is 1.21 bits per heavy atom. The molecule has 10 heteroatoms. The summed E-state index contributed by atoms with van der Waals surface area (Å²) in [6, 6.07) is 13.4. The van der Waals surface area contributed by atoms with Crippen LogP contribution in [0.4, 0.5) is 5.13 Å². The molecule has 0 aliphatic heterocycles. The number of nitrogens with one attached hydrogen (secondary N) is 2. The first-order chi connectivity index (χ1) is 15.8. The molecule has 1 atom stereocenters. The normalized spacial score (nSPS) is 11.4. The summed E-state index contributed by atoms with van der Waals surface area (Å²) in [5.41, 5.74) is 6.51. The summed E-state index contributed by atoms with van der Waals surface area (Å²) in [4.78, 5) is 40.5. The minimum atomic E-state index is -1.00. The van der Waals surface area contributed by atoms with Gasteiger partial charge < -0.3 is 20.9 Å². The number of nitrogens with two attached hydrogens (primary N) is 1. The topological polar surface area (TPSA) is 155 Å². The summed E-state index contributed by atoms with van der Waals surface area (Å²) in [5.74, 6) is -3.43. The van der Waals surface area contributed by atoms with Crippen molar-refractivity contribution in [2.24, 2.45) is 11.7 Å². The van der Waals surface area contributed by atoms with E-state index >= 15 is 0 Å². The Balaban J connectivity index is 1.64. The number of nitrogens with zero attached hydrogens (tertiary/aromatic N) is 1. The molecule has 0 radical (unpaired) electrons. The molecule has 2 amide bonds. The number of aromatic nitrogens is 1. The Labute approximate surface area is 193 Å². The van der Waals surface area contributed by atoms with Crippen molar-refractivity contribution in [3.8, 4) is 17.0 Å². The molecule has 0 fully saturated rings. The number of hydrogen-bond donors (Lipinski definition) is 4. The van der Waals surface area contributed by atoms with Gasteiger partial charge in [0.05, 0.1) is 17.2 Å². The number of hydrogen-bond acceptors (Lipinski definition) is 8. The van der Waals surface area contributed by atoms with Crippen molar-refractivity contribution in [3.63, 3.8) is 0 Å². The number of rotatable bonds is 9. The average molecular weight is 467 g/mol. The van der Waals surface area contributed by atoms with E-state index in [9.17, 15) is 19.5 Å². The summed E-state index contributed by atoms with van der Waals surface area (Å²) in [6.07, 6.45) is 0.228. The summed E-state index contributed by atoms with van der Waals surface area (Å²) >= 11 is 1.14. The molecule has 9 nitrogen and oxygen atoms in total. The molecule has 0 aliphatic carbocycles. The van der Waals surface area contributed by atoms with Gasteiger partial charge in [-0.3, -0.25) is 15.0 Å². The van der Waals surface area contributed by atoms with Gasteiger partial charge in [-0.1, -0.05) is 43.3 Å². The Bertz CT molecular complexity index is 1190. The lowest BCUT2D eigenvalue weighted by molar-refractivity contribution is -0.137. The average Bonchev–Trinajstić information content (AvgIpc) is 3.26. The summed E-state index contributed by atoms with van der Waals surface area (Å²) in [5, 5.41) is 22.6. The summed E-state index contributed by atoms with van der Waals surface area (Å²) in [6.45, 7) is 1.71. The number of ether oxygens (including phenoxy) is 1. The van der Waals surface area contributed by atoms with Gasteiger partial charge in [-0.25, -0.2) is 9.78 Å². The third-order valence-electron chi connectivity index (χ3n) is 4.80. The highest BCUT2D eigenvalue weighted by atomic mass is 32.1. The first kappa shape index (κ1) is 23.6. The van der Waals surface area contributed by atoms with Crippen LogP contribution in [0.3, 0.4) is 0 Å². The van der Waals surface area contributed by atoms with E-state index in [0.717, 1.165) is 16.9 Å². The van der Waals surface area contributed by atoms with Crippen LogP contribution in [0.25, 0.3) is 11.3 Å². The first-order valence-electron chi connectivity index (χ1n) is 9.99. The van der Waals surface area contributed by atoms with Gasteiger partial charge in [0, 0.05) is 10.9 Å². The fraction of sp³-hybridized carbons (Fsp3) is 0.174.